The minimum absolute atomic E-state index is 0.0977. The van der Waals surface area contributed by atoms with Crippen molar-refractivity contribution in [2.24, 2.45) is 11.8 Å². The van der Waals surface area contributed by atoms with E-state index in [1.54, 1.807) is 19.0 Å². The summed E-state index contributed by atoms with van der Waals surface area (Å²) < 4.78 is 0. The van der Waals surface area contributed by atoms with Gasteiger partial charge in [0.15, 0.2) is 0 Å². The Morgan fingerprint density at radius 2 is 1.88 bits per heavy atom. The van der Waals surface area contributed by atoms with Crippen LogP contribution in [0.2, 0.25) is 0 Å². The smallest absolute Gasteiger partial charge is 0.222 e. The fourth-order valence-electron chi connectivity index (χ4n) is 3.34. The minimum atomic E-state index is 0.0977. The van der Waals surface area contributed by atoms with Crippen LogP contribution in [0, 0.1) is 11.8 Å². The number of likely N-dealkylation sites (tertiary alicyclic amines) is 1. The molecular weight excluding hydrogens is 302 g/mol. The van der Waals surface area contributed by atoms with Crippen molar-refractivity contribution in [3.63, 3.8) is 0 Å². The summed E-state index contributed by atoms with van der Waals surface area (Å²) in [4.78, 5) is 27.5. The van der Waals surface area contributed by atoms with Crippen LogP contribution in [-0.2, 0) is 9.59 Å². The van der Waals surface area contributed by atoms with Crippen molar-refractivity contribution in [1.29, 1.82) is 0 Å². The summed E-state index contributed by atoms with van der Waals surface area (Å²) in [5, 5.41) is 3.72. The molecule has 1 aliphatic rings. The van der Waals surface area contributed by atoms with Gasteiger partial charge in [0.2, 0.25) is 11.8 Å². The lowest BCUT2D eigenvalue weighted by Crippen LogP contribution is -2.50. The van der Waals surface area contributed by atoms with Gasteiger partial charge in [0.05, 0.1) is 0 Å². The molecule has 2 unspecified atom stereocenters. The van der Waals surface area contributed by atoms with Crippen LogP contribution in [0.5, 0.6) is 0 Å². The highest BCUT2D eigenvalue weighted by molar-refractivity contribution is 5.78. The van der Waals surface area contributed by atoms with Gasteiger partial charge in [-0.25, -0.2) is 0 Å². The minimum Gasteiger partial charge on any atom is -0.349 e. The van der Waals surface area contributed by atoms with E-state index in [0.717, 1.165) is 32.0 Å². The first-order valence-electron chi connectivity index (χ1n) is 9.60. The van der Waals surface area contributed by atoms with Gasteiger partial charge in [-0.2, -0.15) is 0 Å². The molecule has 1 heterocycles. The van der Waals surface area contributed by atoms with Crippen LogP contribution in [-0.4, -0.2) is 61.4 Å². The summed E-state index contributed by atoms with van der Waals surface area (Å²) in [6.07, 6.45) is 5.07. The molecule has 2 atom stereocenters. The second-order valence-electron chi connectivity index (χ2n) is 7.44. The highest BCUT2D eigenvalue weighted by Crippen LogP contribution is 2.19. The molecule has 0 aromatic heterocycles. The van der Waals surface area contributed by atoms with Crippen molar-refractivity contribution in [2.45, 2.75) is 65.3 Å². The number of piperidine rings is 1. The number of hydrogen-bond acceptors (Lipinski definition) is 3. The first kappa shape index (κ1) is 20.9. The Labute approximate surface area is 148 Å². The highest BCUT2D eigenvalue weighted by Gasteiger charge is 2.28. The van der Waals surface area contributed by atoms with E-state index in [4.69, 9.17) is 0 Å². The van der Waals surface area contributed by atoms with Gasteiger partial charge in [0.1, 0.15) is 0 Å². The molecule has 0 aromatic rings. The Balaban J connectivity index is 2.31. The van der Waals surface area contributed by atoms with Crippen molar-refractivity contribution >= 4 is 11.8 Å². The van der Waals surface area contributed by atoms with Crippen LogP contribution in [0.15, 0.2) is 0 Å². The highest BCUT2D eigenvalue weighted by atomic mass is 16.2. The van der Waals surface area contributed by atoms with Gasteiger partial charge in [-0.3, -0.25) is 9.59 Å². The summed E-state index contributed by atoms with van der Waals surface area (Å²) >= 11 is 0. The maximum absolute atomic E-state index is 12.3. The van der Waals surface area contributed by atoms with Gasteiger partial charge in [-0.1, -0.05) is 33.6 Å². The monoisotopic (exact) mass is 339 g/mol. The first-order valence-corrected chi connectivity index (χ1v) is 9.60. The molecule has 1 aliphatic heterocycles. The standard InChI is InChI=1S/C19H37N3O2/c1-6-16(7-2)13-20-17-11-12-22(14-15(17)3)19(24)10-8-9-18(23)21(4)5/h15-17,20H,6-14H2,1-5H3. The maximum atomic E-state index is 12.3. The van der Waals surface area contributed by atoms with E-state index in [9.17, 15) is 9.59 Å². The number of amides is 2. The molecule has 5 nitrogen and oxygen atoms in total. The third kappa shape index (κ3) is 6.80. The molecule has 0 bridgehead atoms. The van der Waals surface area contributed by atoms with Crippen molar-refractivity contribution in [3.8, 4) is 0 Å². The molecule has 1 fully saturated rings. The lowest BCUT2D eigenvalue weighted by Gasteiger charge is -2.38. The molecule has 0 spiro atoms. The van der Waals surface area contributed by atoms with E-state index in [-0.39, 0.29) is 11.8 Å². The lowest BCUT2D eigenvalue weighted by atomic mass is 9.92. The fraction of sp³-hybridized carbons (Fsp3) is 0.895. The van der Waals surface area contributed by atoms with E-state index in [1.807, 2.05) is 4.90 Å². The molecule has 24 heavy (non-hydrogen) atoms. The quantitative estimate of drug-likeness (QED) is 0.702. The Morgan fingerprint density at radius 1 is 1.21 bits per heavy atom. The normalized spacial score (nSPS) is 21.2. The fourth-order valence-corrected chi connectivity index (χ4v) is 3.34. The Bertz CT molecular complexity index is 394. The summed E-state index contributed by atoms with van der Waals surface area (Å²) in [5.74, 6) is 1.54. The van der Waals surface area contributed by atoms with Gasteiger partial charge in [0.25, 0.3) is 0 Å². The van der Waals surface area contributed by atoms with Crippen LogP contribution in [0.1, 0.15) is 59.3 Å². The third-order valence-electron chi connectivity index (χ3n) is 5.36. The SMILES string of the molecule is CCC(CC)CNC1CCN(C(=O)CCCC(=O)N(C)C)CC1C. The lowest BCUT2D eigenvalue weighted by molar-refractivity contribution is -0.133. The molecule has 0 radical (unpaired) electrons. The van der Waals surface area contributed by atoms with Crippen LogP contribution in [0.4, 0.5) is 0 Å². The van der Waals surface area contributed by atoms with E-state index in [2.05, 4.69) is 26.1 Å². The number of nitrogens with one attached hydrogen (secondary N) is 1. The van der Waals surface area contributed by atoms with E-state index in [0.29, 0.717) is 31.2 Å². The predicted octanol–water partition coefficient (Wildman–Crippen LogP) is 2.51. The van der Waals surface area contributed by atoms with Crippen molar-refractivity contribution in [3.05, 3.63) is 0 Å². The van der Waals surface area contributed by atoms with Crippen molar-refractivity contribution in [1.82, 2.24) is 15.1 Å². The van der Waals surface area contributed by atoms with Gasteiger partial charge in [-0.05, 0) is 31.2 Å². The molecule has 5 heteroatoms. The zero-order valence-electron chi connectivity index (χ0n) is 16.3. The number of rotatable bonds is 9. The Morgan fingerprint density at radius 3 is 2.42 bits per heavy atom. The Kier molecular flexibility index (Phi) is 9.34. The number of hydrogen-bond donors (Lipinski definition) is 1. The number of carbonyl (C=O) groups is 2. The molecule has 1 N–H and O–H groups in total. The van der Waals surface area contributed by atoms with Crippen molar-refractivity contribution < 1.29 is 9.59 Å². The van der Waals surface area contributed by atoms with Gasteiger partial charge in [0, 0.05) is 46.1 Å². The summed E-state index contributed by atoms with van der Waals surface area (Å²) in [6.45, 7) is 9.50. The van der Waals surface area contributed by atoms with Crippen molar-refractivity contribution in [2.75, 3.05) is 33.7 Å². The average Bonchev–Trinajstić information content (AvgIpc) is 2.56. The molecular formula is C19H37N3O2. The van der Waals surface area contributed by atoms with Crippen LogP contribution >= 0.6 is 0 Å². The van der Waals surface area contributed by atoms with Gasteiger partial charge < -0.3 is 15.1 Å². The van der Waals surface area contributed by atoms with Crippen LogP contribution in [0.25, 0.3) is 0 Å². The molecule has 0 aromatic carbocycles. The second kappa shape index (κ2) is 10.7. The van der Waals surface area contributed by atoms with E-state index >= 15 is 0 Å². The topological polar surface area (TPSA) is 52.7 Å². The number of nitrogens with zero attached hydrogens (tertiary/aromatic N) is 2. The maximum Gasteiger partial charge on any atom is 0.222 e. The molecule has 140 valence electrons. The predicted molar refractivity (Wildman–Crippen MR) is 98.8 cm³/mol. The Hall–Kier alpha value is -1.10. The second-order valence-corrected chi connectivity index (χ2v) is 7.44. The summed E-state index contributed by atoms with van der Waals surface area (Å²) in [6, 6.07) is 0.518. The summed E-state index contributed by atoms with van der Waals surface area (Å²) in [7, 11) is 3.51. The molecule has 1 saturated heterocycles. The molecule has 2 amide bonds. The first-order chi connectivity index (χ1) is 11.4. The van der Waals surface area contributed by atoms with Crippen LogP contribution < -0.4 is 5.32 Å². The summed E-state index contributed by atoms with van der Waals surface area (Å²) in [5.41, 5.74) is 0. The van der Waals surface area contributed by atoms with Gasteiger partial charge >= 0.3 is 0 Å². The van der Waals surface area contributed by atoms with Gasteiger partial charge in [-0.15, -0.1) is 0 Å². The molecule has 1 rings (SSSR count). The van der Waals surface area contributed by atoms with E-state index in [1.165, 1.54) is 12.8 Å². The van der Waals surface area contributed by atoms with E-state index < -0.39 is 0 Å². The molecule has 0 saturated carbocycles. The molecule has 0 aliphatic carbocycles. The largest absolute Gasteiger partial charge is 0.349 e. The zero-order valence-corrected chi connectivity index (χ0v) is 16.3. The zero-order chi connectivity index (χ0) is 18.1. The average molecular weight is 340 g/mol. The number of carbonyl (C=O) groups excluding carboxylic acids is 2. The van der Waals surface area contributed by atoms with Crippen LogP contribution in [0.3, 0.4) is 0 Å². The third-order valence-corrected chi connectivity index (χ3v) is 5.36.